The third kappa shape index (κ3) is 1.63. The van der Waals surface area contributed by atoms with Gasteiger partial charge in [-0.2, -0.15) is 0 Å². The monoisotopic (exact) mass is 259 g/mol. The highest BCUT2D eigenvalue weighted by atomic mass is 16.5. The maximum atomic E-state index is 12.6. The van der Waals surface area contributed by atoms with Crippen molar-refractivity contribution >= 4 is 5.78 Å². The van der Waals surface area contributed by atoms with Crippen LogP contribution >= 0.6 is 0 Å². The smallest absolute Gasteiger partial charge is 0.213 e. The number of aliphatic hydroxyl groups is 1. The van der Waals surface area contributed by atoms with Crippen LogP contribution in [0.15, 0.2) is 24.3 Å². The summed E-state index contributed by atoms with van der Waals surface area (Å²) in [5, 5.41) is 9.83. The third-order valence-corrected chi connectivity index (χ3v) is 4.31. The average Bonchev–Trinajstić information content (AvgIpc) is 2.41. The van der Waals surface area contributed by atoms with E-state index in [0.717, 1.165) is 16.8 Å². The largest absolute Gasteiger partial charge is 0.481 e. The maximum Gasteiger partial charge on any atom is 0.213 e. The molecule has 0 saturated heterocycles. The van der Waals surface area contributed by atoms with Gasteiger partial charge < -0.3 is 9.84 Å². The van der Waals surface area contributed by atoms with Crippen molar-refractivity contribution < 1.29 is 14.6 Å². The third-order valence-electron chi connectivity index (χ3n) is 4.31. The minimum atomic E-state index is -0.827. The number of allylic oxidation sites excluding steroid dienone is 1. The molecule has 19 heavy (non-hydrogen) atoms. The number of Topliss-reactive ketones (excluding diaryl/α,β-unsaturated/α-hetero) is 1. The van der Waals surface area contributed by atoms with Crippen LogP contribution in [0.3, 0.4) is 0 Å². The van der Waals surface area contributed by atoms with Gasteiger partial charge in [-0.1, -0.05) is 18.2 Å². The number of aromatic nitrogens is 1. The number of ether oxygens (including phenoxy) is 1. The predicted octanol–water partition coefficient (Wildman–Crippen LogP) is 1.41. The molecule has 0 aliphatic heterocycles. The van der Waals surface area contributed by atoms with E-state index >= 15 is 0 Å². The van der Waals surface area contributed by atoms with Crippen molar-refractivity contribution in [3.63, 3.8) is 0 Å². The van der Waals surface area contributed by atoms with Crippen molar-refractivity contribution in [2.45, 2.75) is 24.7 Å². The summed E-state index contributed by atoms with van der Waals surface area (Å²) >= 11 is 0. The van der Waals surface area contributed by atoms with Gasteiger partial charge >= 0.3 is 0 Å². The first kappa shape index (κ1) is 12.4. The molecule has 0 amide bonds. The second kappa shape index (κ2) is 4.17. The molecule has 2 unspecified atom stereocenters. The zero-order valence-electron chi connectivity index (χ0n) is 11.0. The fourth-order valence-corrected chi connectivity index (χ4v) is 3.45. The lowest BCUT2D eigenvalue weighted by Crippen LogP contribution is -2.51. The van der Waals surface area contributed by atoms with Gasteiger partial charge in [-0.3, -0.25) is 4.79 Å². The first-order valence-electron chi connectivity index (χ1n) is 6.47. The lowest BCUT2D eigenvalue weighted by Gasteiger charge is -2.44. The minimum Gasteiger partial charge on any atom is -0.481 e. The van der Waals surface area contributed by atoms with Crippen molar-refractivity contribution in [3.8, 4) is 5.88 Å². The molecule has 4 nitrogen and oxygen atoms in total. The summed E-state index contributed by atoms with van der Waals surface area (Å²) in [6, 6.07) is 3.62. The van der Waals surface area contributed by atoms with Gasteiger partial charge in [0.1, 0.15) is 5.78 Å². The molecule has 2 aliphatic rings. The molecule has 1 saturated carbocycles. The van der Waals surface area contributed by atoms with Crippen molar-refractivity contribution in [3.05, 3.63) is 35.5 Å². The fourth-order valence-electron chi connectivity index (χ4n) is 3.45. The van der Waals surface area contributed by atoms with Gasteiger partial charge in [0.15, 0.2) is 0 Å². The summed E-state index contributed by atoms with van der Waals surface area (Å²) in [5.41, 5.74) is 1.94. The Hall–Kier alpha value is -1.68. The first-order chi connectivity index (χ1) is 9.10. The number of pyridine rings is 1. The summed E-state index contributed by atoms with van der Waals surface area (Å²) in [6.07, 6.45) is 1.85. The highest BCUT2D eigenvalue weighted by Crippen LogP contribution is 2.47. The molecule has 0 spiro atoms. The second-order valence-electron chi connectivity index (χ2n) is 5.48. The van der Waals surface area contributed by atoms with Crippen molar-refractivity contribution in [1.29, 1.82) is 0 Å². The van der Waals surface area contributed by atoms with Gasteiger partial charge in [0, 0.05) is 24.1 Å². The summed E-state index contributed by atoms with van der Waals surface area (Å²) < 4.78 is 5.14. The van der Waals surface area contributed by atoms with E-state index in [1.165, 1.54) is 0 Å². The summed E-state index contributed by atoms with van der Waals surface area (Å²) in [6.45, 7) is 3.84. The van der Waals surface area contributed by atoms with Gasteiger partial charge in [0.25, 0.3) is 0 Å². The van der Waals surface area contributed by atoms with E-state index in [1.807, 2.05) is 6.07 Å². The summed E-state index contributed by atoms with van der Waals surface area (Å²) in [5.74, 6) is 0.598. The Bertz CT molecular complexity index is 567. The highest BCUT2D eigenvalue weighted by Gasteiger charge is 2.51. The molecule has 1 fully saturated rings. The van der Waals surface area contributed by atoms with E-state index in [4.69, 9.17) is 4.74 Å². The van der Waals surface area contributed by atoms with Crippen LogP contribution in [0, 0.1) is 5.92 Å². The minimum absolute atomic E-state index is 0.0968. The van der Waals surface area contributed by atoms with E-state index in [0.29, 0.717) is 25.1 Å². The van der Waals surface area contributed by atoms with E-state index < -0.39 is 5.41 Å². The molecule has 0 aromatic carbocycles. The maximum absolute atomic E-state index is 12.6. The van der Waals surface area contributed by atoms with E-state index in [1.54, 1.807) is 13.2 Å². The molecule has 1 heterocycles. The summed E-state index contributed by atoms with van der Waals surface area (Å²) in [4.78, 5) is 17.0. The molecule has 1 N–H and O–H groups in total. The van der Waals surface area contributed by atoms with Crippen molar-refractivity contribution in [2.75, 3.05) is 13.7 Å². The molecular weight excluding hydrogens is 242 g/mol. The number of nitrogens with zero attached hydrogens (tertiary/aromatic N) is 1. The van der Waals surface area contributed by atoms with Crippen LogP contribution in [-0.2, 0) is 16.6 Å². The van der Waals surface area contributed by atoms with Gasteiger partial charge in [-0.15, -0.1) is 0 Å². The molecule has 4 heteroatoms. The molecule has 2 bridgehead atoms. The Morgan fingerprint density at radius 3 is 3.00 bits per heavy atom. The topological polar surface area (TPSA) is 59.4 Å². The second-order valence-corrected chi connectivity index (χ2v) is 5.48. The van der Waals surface area contributed by atoms with E-state index in [-0.39, 0.29) is 18.3 Å². The zero-order chi connectivity index (χ0) is 13.6. The van der Waals surface area contributed by atoms with Crippen LogP contribution in [0.1, 0.15) is 24.1 Å². The Labute approximate surface area is 112 Å². The van der Waals surface area contributed by atoms with E-state index in [2.05, 4.69) is 11.6 Å². The quantitative estimate of drug-likeness (QED) is 0.816. The number of methoxy groups -OCH3 is 1. The number of hydrogen-bond donors (Lipinski definition) is 1. The Kier molecular flexibility index (Phi) is 2.71. The standard InChI is InChI=1S/C15H17NO3/c1-9-5-10-6-12-11(3-4-13(16-12)19-2)15(7-9,8-17)14(10)18/h3-4,10,17H,1,5-8H2,2H3. The van der Waals surface area contributed by atoms with Crippen molar-refractivity contribution in [1.82, 2.24) is 4.98 Å². The van der Waals surface area contributed by atoms with Gasteiger partial charge in [-0.25, -0.2) is 4.98 Å². The van der Waals surface area contributed by atoms with Crippen LogP contribution in [0.2, 0.25) is 0 Å². The first-order valence-corrected chi connectivity index (χ1v) is 6.47. The Morgan fingerprint density at radius 2 is 2.32 bits per heavy atom. The fraction of sp³-hybridized carbons (Fsp3) is 0.467. The number of ketones is 1. The molecule has 1 aromatic heterocycles. The zero-order valence-corrected chi connectivity index (χ0v) is 11.0. The lowest BCUT2D eigenvalue weighted by molar-refractivity contribution is -0.132. The normalized spacial score (nSPS) is 29.1. The Balaban J connectivity index is 2.19. The SMILES string of the molecule is C=C1CC2Cc3nc(OC)ccc3C(CO)(C1)C2=O. The van der Waals surface area contributed by atoms with Gasteiger partial charge in [0.2, 0.25) is 5.88 Å². The predicted molar refractivity (Wildman–Crippen MR) is 70.1 cm³/mol. The number of fused-ring (bicyclic) bond motifs is 4. The number of hydrogen-bond acceptors (Lipinski definition) is 4. The molecule has 0 radical (unpaired) electrons. The summed E-state index contributed by atoms with van der Waals surface area (Å²) in [7, 11) is 1.58. The van der Waals surface area contributed by atoms with Crippen LogP contribution in [0.5, 0.6) is 5.88 Å². The lowest BCUT2D eigenvalue weighted by atomic mass is 9.59. The highest BCUT2D eigenvalue weighted by molar-refractivity contribution is 5.96. The molecule has 3 rings (SSSR count). The van der Waals surface area contributed by atoms with Crippen LogP contribution in [0.25, 0.3) is 0 Å². The van der Waals surface area contributed by atoms with E-state index in [9.17, 15) is 9.90 Å². The number of aliphatic hydroxyl groups excluding tert-OH is 1. The van der Waals surface area contributed by atoms with Crippen LogP contribution < -0.4 is 4.74 Å². The van der Waals surface area contributed by atoms with Gasteiger partial charge in [0.05, 0.1) is 19.1 Å². The average molecular weight is 259 g/mol. The van der Waals surface area contributed by atoms with Gasteiger partial charge in [-0.05, 0) is 18.4 Å². The van der Waals surface area contributed by atoms with Crippen molar-refractivity contribution in [2.24, 2.45) is 5.92 Å². The number of carbonyl (C=O) groups excluding carboxylic acids is 1. The molecule has 1 aromatic rings. The molecule has 100 valence electrons. The number of rotatable bonds is 2. The van der Waals surface area contributed by atoms with Crippen LogP contribution in [0.4, 0.5) is 0 Å². The van der Waals surface area contributed by atoms with Crippen LogP contribution in [-0.4, -0.2) is 29.6 Å². The molecule has 2 atom stereocenters. The molecule has 2 aliphatic carbocycles. The number of carbonyl (C=O) groups is 1. The Morgan fingerprint density at radius 1 is 1.53 bits per heavy atom. The molecular formula is C15H17NO3.